The molecule has 0 saturated carbocycles. The van der Waals surface area contributed by atoms with Crippen LogP contribution in [0.2, 0.25) is 0 Å². The summed E-state index contributed by atoms with van der Waals surface area (Å²) in [4.78, 5) is 11.6. The minimum atomic E-state index is -4.91. The number of aryl methyl sites for hydroxylation is 1. The van der Waals surface area contributed by atoms with Crippen molar-refractivity contribution >= 4 is 16.9 Å². The van der Waals surface area contributed by atoms with E-state index in [1.54, 1.807) is 12.1 Å². The third-order valence-corrected chi connectivity index (χ3v) is 5.90. The Morgan fingerprint density at radius 1 is 1.00 bits per heavy atom. The lowest BCUT2D eigenvalue weighted by Gasteiger charge is -2.19. The van der Waals surface area contributed by atoms with Gasteiger partial charge in [0.15, 0.2) is 0 Å². The van der Waals surface area contributed by atoms with Gasteiger partial charge in [-0.3, -0.25) is 0 Å². The Labute approximate surface area is 227 Å². The molecule has 1 unspecified atom stereocenters. The van der Waals surface area contributed by atoms with Gasteiger partial charge in [-0.1, -0.05) is 32.4 Å². The summed E-state index contributed by atoms with van der Waals surface area (Å²) < 4.78 is 99.0. The van der Waals surface area contributed by atoms with Gasteiger partial charge in [-0.15, -0.1) is 13.2 Å². The zero-order valence-electron chi connectivity index (χ0n) is 22.1. The third kappa shape index (κ3) is 9.53. The van der Waals surface area contributed by atoms with E-state index in [1.807, 2.05) is 6.92 Å². The van der Waals surface area contributed by atoms with Gasteiger partial charge in [0.05, 0.1) is 25.2 Å². The van der Waals surface area contributed by atoms with E-state index in [0.717, 1.165) is 19.3 Å². The van der Waals surface area contributed by atoms with Gasteiger partial charge >= 0.3 is 18.5 Å². The summed E-state index contributed by atoms with van der Waals surface area (Å²) in [6.07, 6.45) is -7.30. The minimum Gasteiger partial charge on any atom is -0.493 e. The molecule has 5 nitrogen and oxygen atoms in total. The Morgan fingerprint density at radius 2 is 1.75 bits per heavy atom. The molecule has 0 saturated heterocycles. The smallest absolute Gasteiger partial charge is 0.493 e. The lowest BCUT2D eigenvalue weighted by atomic mass is 10.0. The minimum absolute atomic E-state index is 0.0562. The van der Waals surface area contributed by atoms with E-state index in [1.165, 1.54) is 37.3 Å². The van der Waals surface area contributed by atoms with E-state index in [-0.39, 0.29) is 28.2 Å². The molecule has 1 heterocycles. The molecular formula is C29H30F6O5. The van der Waals surface area contributed by atoms with E-state index < -0.39 is 49.8 Å². The summed E-state index contributed by atoms with van der Waals surface area (Å²) in [6, 6.07) is 10.6. The number of halogens is 6. The number of fused-ring (bicyclic) bond motifs is 1. The summed E-state index contributed by atoms with van der Waals surface area (Å²) in [5.74, 6) is -2.09. The molecule has 0 aliphatic heterocycles. The van der Waals surface area contributed by atoms with Crippen molar-refractivity contribution in [3.05, 3.63) is 60.2 Å². The van der Waals surface area contributed by atoms with Crippen molar-refractivity contribution in [3.8, 4) is 22.8 Å². The van der Waals surface area contributed by atoms with Crippen molar-refractivity contribution < 1.29 is 49.8 Å². The van der Waals surface area contributed by atoms with Gasteiger partial charge in [-0.2, -0.15) is 13.2 Å². The lowest BCUT2D eigenvalue weighted by Crippen LogP contribution is -2.26. The first-order chi connectivity index (χ1) is 18.7. The number of alkyl halides is 6. The van der Waals surface area contributed by atoms with E-state index in [2.05, 4.69) is 11.3 Å². The van der Waals surface area contributed by atoms with Gasteiger partial charge in [0.25, 0.3) is 0 Å². The molecule has 0 radical (unpaired) electrons. The van der Waals surface area contributed by atoms with Crippen LogP contribution in [0.4, 0.5) is 26.3 Å². The van der Waals surface area contributed by atoms with Crippen molar-refractivity contribution in [3.63, 3.8) is 0 Å². The Bertz CT molecular complexity index is 1310. The molecular weight excluding hydrogens is 542 g/mol. The number of ether oxygens (including phenoxy) is 3. The monoisotopic (exact) mass is 572 g/mol. The Morgan fingerprint density at radius 3 is 2.40 bits per heavy atom. The number of unbranched alkanes of at least 4 members (excludes halogenated alkanes) is 2. The fourth-order valence-electron chi connectivity index (χ4n) is 3.97. The number of benzene rings is 2. The predicted molar refractivity (Wildman–Crippen MR) is 137 cm³/mol. The van der Waals surface area contributed by atoms with Gasteiger partial charge < -0.3 is 18.6 Å². The fraction of sp³-hybridized carbons (Fsp3) is 0.414. The van der Waals surface area contributed by atoms with Crippen LogP contribution in [0.1, 0.15) is 45.1 Å². The fourth-order valence-corrected chi connectivity index (χ4v) is 3.97. The van der Waals surface area contributed by atoms with Crippen LogP contribution in [0.5, 0.6) is 11.5 Å². The number of furan rings is 1. The molecule has 1 atom stereocenters. The highest BCUT2D eigenvalue weighted by molar-refractivity contribution is 5.87. The van der Waals surface area contributed by atoms with Crippen molar-refractivity contribution in [2.24, 2.45) is 5.92 Å². The van der Waals surface area contributed by atoms with Gasteiger partial charge in [0, 0.05) is 22.9 Å². The maximum Gasteiger partial charge on any atom is 0.573 e. The van der Waals surface area contributed by atoms with Crippen LogP contribution in [-0.2, 0) is 16.0 Å². The Balaban J connectivity index is 1.81. The molecule has 11 heteroatoms. The highest BCUT2D eigenvalue weighted by Crippen LogP contribution is 2.38. The maximum absolute atomic E-state index is 13.2. The molecule has 3 aromatic rings. The zero-order valence-corrected chi connectivity index (χ0v) is 22.1. The Hall–Kier alpha value is -3.63. The second-order valence-electron chi connectivity index (χ2n) is 9.52. The summed E-state index contributed by atoms with van der Waals surface area (Å²) in [5, 5.41) is 0.537. The summed E-state index contributed by atoms with van der Waals surface area (Å²) >= 11 is 0. The molecule has 0 N–H and O–H groups in total. The van der Waals surface area contributed by atoms with Gasteiger partial charge in [0.2, 0.25) is 0 Å². The highest BCUT2D eigenvalue weighted by Gasteiger charge is 2.34. The Kier molecular flexibility index (Phi) is 10.2. The number of carbonyl (C=O) groups is 1. The van der Waals surface area contributed by atoms with Gasteiger partial charge in [0.1, 0.15) is 22.8 Å². The van der Waals surface area contributed by atoms with Crippen molar-refractivity contribution in [1.29, 1.82) is 0 Å². The first-order valence-corrected chi connectivity index (χ1v) is 12.7. The number of esters is 1. The molecule has 0 amide bonds. The molecule has 0 bridgehead atoms. The maximum atomic E-state index is 13.2. The first-order valence-electron chi connectivity index (χ1n) is 12.7. The molecule has 1 aromatic heterocycles. The average Bonchev–Trinajstić information content (AvgIpc) is 3.27. The van der Waals surface area contributed by atoms with Crippen molar-refractivity contribution in [2.75, 3.05) is 13.2 Å². The molecule has 0 aliphatic rings. The van der Waals surface area contributed by atoms with Crippen LogP contribution in [0.15, 0.2) is 59.0 Å². The standard InChI is InChI=1S/C29H30F6O5/c1-4-5-6-7-19-8-11-23(26(12-19)40-29(33,34)35)25-13-21-9-10-22(14-24(21)39-25)37-16-20(15-28(30,31)32)17-38-27(36)18(2)3/h8-14,20H,2,4-7,15-17H2,1,3H3. The lowest BCUT2D eigenvalue weighted by molar-refractivity contribution is -0.274. The van der Waals surface area contributed by atoms with Crippen LogP contribution in [0.25, 0.3) is 22.3 Å². The SMILES string of the molecule is C=C(C)C(=O)OCC(COc1ccc2cc(-c3ccc(CCCCC)cc3OC(F)(F)F)oc2c1)CC(F)(F)F. The van der Waals surface area contributed by atoms with Crippen molar-refractivity contribution in [1.82, 2.24) is 0 Å². The predicted octanol–water partition coefficient (Wildman–Crippen LogP) is 8.80. The molecule has 218 valence electrons. The topological polar surface area (TPSA) is 57.9 Å². The summed E-state index contributed by atoms with van der Waals surface area (Å²) in [6.45, 7) is 5.87. The number of rotatable bonds is 13. The molecule has 0 spiro atoms. The quantitative estimate of drug-likeness (QED) is 0.0887. The van der Waals surface area contributed by atoms with E-state index in [9.17, 15) is 31.1 Å². The van der Waals surface area contributed by atoms with E-state index in [4.69, 9.17) is 13.9 Å². The first kappa shape index (κ1) is 30.9. The van der Waals surface area contributed by atoms with E-state index >= 15 is 0 Å². The molecule has 2 aromatic carbocycles. The number of hydrogen-bond donors (Lipinski definition) is 0. The van der Waals surface area contributed by atoms with Gasteiger partial charge in [-0.25, -0.2) is 4.79 Å². The number of carbonyl (C=O) groups excluding carboxylic acids is 1. The van der Waals surface area contributed by atoms with E-state index in [0.29, 0.717) is 17.4 Å². The normalized spacial score (nSPS) is 12.8. The molecule has 0 aliphatic carbocycles. The summed E-state index contributed by atoms with van der Waals surface area (Å²) in [5.41, 5.74) is 1.10. The van der Waals surface area contributed by atoms with Crippen LogP contribution in [-0.4, -0.2) is 31.7 Å². The average molecular weight is 573 g/mol. The largest absolute Gasteiger partial charge is 0.573 e. The highest BCUT2D eigenvalue weighted by atomic mass is 19.4. The second kappa shape index (κ2) is 13.1. The summed E-state index contributed by atoms with van der Waals surface area (Å²) in [7, 11) is 0. The van der Waals surface area contributed by atoms with Crippen LogP contribution >= 0.6 is 0 Å². The third-order valence-electron chi connectivity index (χ3n) is 5.90. The zero-order chi connectivity index (χ0) is 29.5. The van der Waals surface area contributed by atoms with Crippen LogP contribution < -0.4 is 9.47 Å². The van der Waals surface area contributed by atoms with Gasteiger partial charge in [-0.05, 0) is 55.7 Å². The molecule has 40 heavy (non-hydrogen) atoms. The molecule has 0 fully saturated rings. The number of hydrogen-bond acceptors (Lipinski definition) is 5. The molecule has 3 rings (SSSR count). The van der Waals surface area contributed by atoms with Crippen molar-refractivity contribution in [2.45, 2.75) is 58.5 Å². The second-order valence-corrected chi connectivity index (χ2v) is 9.52. The van der Waals surface area contributed by atoms with Crippen LogP contribution in [0.3, 0.4) is 0 Å². The van der Waals surface area contributed by atoms with Crippen LogP contribution in [0, 0.1) is 5.92 Å².